The van der Waals surface area contributed by atoms with Crippen LogP contribution in [0, 0.1) is 11.3 Å². The van der Waals surface area contributed by atoms with Gasteiger partial charge in [0.05, 0.1) is 6.61 Å². The predicted octanol–water partition coefficient (Wildman–Crippen LogP) is 3.00. The minimum absolute atomic E-state index is 0.318. The summed E-state index contributed by atoms with van der Waals surface area (Å²) in [5, 5.41) is 0. The Balaban J connectivity index is 2.37. The number of hydrogen-bond acceptors (Lipinski definition) is 3. The number of ether oxygens (including phenoxy) is 1. The number of nitrogens with two attached hydrogens (primary N) is 1. The normalized spacial score (nSPS) is 21.2. The summed E-state index contributed by atoms with van der Waals surface area (Å²) in [5.41, 5.74) is 7.01. The highest BCUT2D eigenvalue weighted by atomic mass is 16.5. The molecule has 0 amide bonds. The molecule has 3 heteroatoms. The molecule has 1 fully saturated rings. The molecule has 0 aromatic carbocycles. The molecule has 17 heavy (non-hydrogen) atoms. The highest BCUT2D eigenvalue weighted by molar-refractivity contribution is 5.82. The first-order valence-corrected chi connectivity index (χ1v) is 6.56. The maximum atomic E-state index is 11.2. The fourth-order valence-electron chi connectivity index (χ4n) is 2.39. The van der Waals surface area contributed by atoms with E-state index >= 15 is 0 Å². The van der Waals surface area contributed by atoms with Gasteiger partial charge in [-0.25, -0.2) is 4.79 Å². The van der Waals surface area contributed by atoms with Crippen molar-refractivity contribution in [2.45, 2.75) is 52.9 Å². The fraction of sp³-hybridized carbons (Fsp3) is 0.786. The second kappa shape index (κ2) is 6.08. The molecule has 0 spiro atoms. The average Bonchev–Trinajstić information content (AvgIpc) is 2.21. The van der Waals surface area contributed by atoms with Gasteiger partial charge in [0.25, 0.3) is 0 Å². The smallest absolute Gasteiger partial charge is 0.332 e. The molecule has 0 unspecified atom stereocenters. The van der Waals surface area contributed by atoms with E-state index in [1.165, 1.54) is 31.8 Å². The minimum atomic E-state index is -0.318. The van der Waals surface area contributed by atoms with Gasteiger partial charge in [-0.05, 0) is 50.4 Å². The van der Waals surface area contributed by atoms with Gasteiger partial charge in [-0.2, -0.15) is 0 Å². The molecular weight excluding hydrogens is 214 g/mol. The molecule has 3 nitrogen and oxygen atoms in total. The van der Waals surface area contributed by atoms with Crippen LogP contribution in [0.2, 0.25) is 0 Å². The van der Waals surface area contributed by atoms with Gasteiger partial charge in [0.15, 0.2) is 0 Å². The van der Waals surface area contributed by atoms with Crippen LogP contribution in [-0.4, -0.2) is 12.6 Å². The fourth-order valence-corrected chi connectivity index (χ4v) is 2.39. The van der Waals surface area contributed by atoms with E-state index in [1.807, 2.05) is 0 Å². The van der Waals surface area contributed by atoms with Crippen molar-refractivity contribution in [1.29, 1.82) is 0 Å². The topological polar surface area (TPSA) is 52.3 Å². The van der Waals surface area contributed by atoms with Gasteiger partial charge in [-0.3, -0.25) is 0 Å². The Hall–Kier alpha value is -0.990. The number of rotatable bonds is 4. The molecule has 0 heterocycles. The van der Waals surface area contributed by atoms with E-state index in [1.54, 1.807) is 6.92 Å². The summed E-state index contributed by atoms with van der Waals surface area (Å²) in [7, 11) is 0. The molecule has 0 radical (unpaired) electrons. The van der Waals surface area contributed by atoms with Crippen molar-refractivity contribution in [2.24, 2.45) is 17.1 Å². The van der Waals surface area contributed by atoms with E-state index < -0.39 is 0 Å². The number of allylic oxidation sites excluding steroid dienone is 1. The van der Waals surface area contributed by atoms with E-state index in [0.717, 1.165) is 6.42 Å². The molecule has 1 aliphatic carbocycles. The summed E-state index contributed by atoms with van der Waals surface area (Å²) >= 11 is 0. The number of carbonyl (C=O) groups is 1. The van der Waals surface area contributed by atoms with E-state index in [4.69, 9.17) is 10.5 Å². The first-order chi connectivity index (χ1) is 7.93. The molecule has 98 valence electrons. The van der Waals surface area contributed by atoms with E-state index in [9.17, 15) is 4.79 Å². The molecule has 0 bridgehead atoms. The van der Waals surface area contributed by atoms with Crippen molar-refractivity contribution in [1.82, 2.24) is 0 Å². The van der Waals surface area contributed by atoms with Crippen LogP contribution in [0.4, 0.5) is 0 Å². The van der Waals surface area contributed by atoms with Crippen LogP contribution in [0.3, 0.4) is 0 Å². The molecule has 0 atom stereocenters. The third-order valence-electron chi connectivity index (χ3n) is 3.57. The molecule has 1 rings (SSSR count). The molecule has 1 saturated carbocycles. The zero-order valence-corrected chi connectivity index (χ0v) is 11.3. The van der Waals surface area contributed by atoms with E-state index in [2.05, 4.69) is 13.8 Å². The number of hydrogen-bond donors (Lipinski definition) is 1. The Morgan fingerprint density at radius 1 is 1.41 bits per heavy atom. The second-order valence-corrected chi connectivity index (χ2v) is 5.78. The Kier molecular flexibility index (Phi) is 5.03. The molecule has 1 aliphatic rings. The maximum Gasteiger partial charge on any atom is 0.332 e. The maximum absolute atomic E-state index is 11.2. The lowest BCUT2D eigenvalue weighted by atomic mass is 9.72. The van der Waals surface area contributed by atoms with Crippen LogP contribution >= 0.6 is 0 Å². The zero-order chi connectivity index (χ0) is 12.9. The van der Waals surface area contributed by atoms with E-state index in [-0.39, 0.29) is 5.97 Å². The summed E-state index contributed by atoms with van der Waals surface area (Å²) in [6.07, 6.45) is 7.20. The van der Waals surface area contributed by atoms with Crippen molar-refractivity contribution in [3.8, 4) is 0 Å². The lowest BCUT2D eigenvalue weighted by Crippen LogP contribution is -2.22. The van der Waals surface area contributed by atoms with Crippen molar-refractivity contribution in [2.75, 3.05) is 6.61 Å². The summed E-state index contributed by atoms with van der Waals surface area (Å²) < 4.78 is 4.84. The summed E-state index contributed by atoms with van der Waals surface area (Å²) in [5.74, 6) is 0.315. The summed E-state index contributed by atoms with van der Waals surface area (Å²) in [4.78, 5) is 11.2. The highest BCUT2D eigenvalue weighted by Crippen LogP contribution is 2.39. The SMILES string of the molecule is CCOC(=O)/C=C(\N)CC1CCC(C)(C)CC1. The van der Waals surface area contributed by atoms with Crippen LogP contribution in [0.15, 0.2) is 11.8 Å². The molecule has 0 aromatic rings. The van der Waals surface area contributed by atoms with E-state index in [0.29, 0.717) is 23.6 Å². The van der Waals surface area contributed by atoms with Gasteiger partial charge in [-0.1, -0.05) is 13.8 Å². The zero-order valence-electron chi connectivity index (χ0n) is 11.3. The Morgan fingerprint density at radius 3 is 2.53 bits per heavy atom. The third-order valence-corrected chi connectivity index (χ3v) is 3.57. The minimum Gasteiger partial charge on any atom is -0.463 e. The molecule has 0 aromatic heterocycles. The largest absolute Gasteiger partial charge is 0.463 e. The van der Waals surface area contributed by atoms with Crippen LogP contribution in [0.5, 0.6) is 0 Å². The number of carbonyl (C=O) groups excluding carboxylic acids is 1. The Labute approximate surface area is 104 Å². The molecule has 0 saturated heterocycles. The second-order valence-electron chi connectivity index (χ2n) is 5.78. The van der Waals surface area contributed by atoms with Crippen LogP contribution < -0.4 is 5.73 Å². The quantitative estimate of drug-likeness (QED) is 0.606. The lowest BCUT2D eigenvalue weighted by molar-refractivity contribution is -0.137. The lowest BCUT2D eigenvalue weighted by Gasteiger charge is -2.34. The first-order valence-electron chi connectivity index (χ1n) is 6.56. The van der Waals surface area contributed by atoms with Gasteiger partial charge in [0.2, 0.25) is 0 Å². The Morgan fingerprint density at radius 2 is 2.00 bits per heavy atom. The molecule has 2 N–H and O–H groups in total. The van der Waals surface area contributed by atoms with Crippen molar-refractivity contribution in [3.63, 3.8) is 0 Å². The molecule has 0 aliphatic heterocycles. The highest BCUT2D eigenvalue weighted by Gasteiger charge is 2.26. The first kappa shape index (κ1) is 14.1. The monoisotopic (exact) mass is 239 g/mol. The van der Waals surface area contributed by atoms with Crippen LogP contribution in [-0.2, 0) is 9.53 Å². The van der Waals surface area contributed by atoms with Gasteiger partial charge < -0.3 is 10.5 Å². The van der Waals surface area contributed by atoms with Gasteiger partial charge >= 0.3 is 5.97 Å². The van der Waals surface area contributed by atoms with Crippen LogP contribution in [0.1, 0.15) is 52.9 Å². The van der Waals surface area contributed by atoms with Crippen molar-refractivity contribution < 1.29 is 9.53 Å². The van der Waals surface area contributed by atoms with Gasteiger partial charge in [0, 0.05) is 11.8 Å². The predicted molar refractivity (Wildman–Crippen MR) is 69.3 cm³/mol. The van der Waals surface area contributed by atoms with Gasteiger partial charge in [0.1, 0.15) is 0 Å². The summed E-state index contributed by atoms with van der Waals surface area (Å²) in [6.45, 7) is 6.84. The van der Waals surface area contributed by atoms with Gasteiger partial charge in [-0.15, -0.1) is 0 Å². The standard InChI is InChI=1S/C14H25NO2/c1-4-17-13(16)10-12(15)9-11-5-7-14(2,3)8-6-11/h10-11H,4-9,15H2,1-3H3/b12-10-. The number of esters is 1. The average molecular weight is 239 g/mol. The van der Waals surface area contributed by atoms with Crippen molar-refractivity contribution >= 4 is 5.97 Å². The summed E-state index contributed by atoms with van der Waals surface area (Å²) in [6, 6.07) is 0. The van der Waals surface area contributed by atoms with Crippen molar-refractivity contribution in [3.05, 3.63) is 11.8 Å². The Bertz CT molecular complexity index is 285. The third kappa shape index (κ3) is 5.24. The van der Waals surface area contributed by atoms with Crippen LogP contribution in [0.25, 0.3) is 0 Å². The molecular formula is C14H25NO2.